The third-order valence-corrected chi connectivity index (χ3v) is 6.43. The van der Waals surface area contributed by atoms with Gasteiger partial charge < -0.3 is 9.59 Å². The normalized spacial score (nSPS) is 10.9. The molecular formula is C42H80O4S. The van der Waals surface area contributed by atoms with Crippen LogP contribution in [0, 0.1) is 18.8 Å². The molecule has 0 heterocycles. The van der Waals surface area contributed by atoms with E-state index in [0.717, 1.165) is 36.7 Å². The Morgan fingerprint density at radius 2 is 1.23 bits per heavy atom. The van der Waals surface area contributed by atoms with Gasteiger partial charge in [-0.3, -0.25) is 9.00 Å². The van der Waals surface area contributed by atoms with E-state index in [4.69, 9.17) is 9.59 Å². The predicted molar refractivity (Wildman–Crippen MR) is 219 cm³/mol. The second kappa shape index (κ2) is 45.6. The van der Waals surface area contributed by atoms with Crippen molar-refractivity contribution in [1.82, 2.24) is 0 Å². The van der Waals surface area contributed by atoms with Crippen LogP contribution < -0.4 is 0 Å². The van der Waals surface area contributed by atoms with E-state index in [0.29, 0.717) is 0 Å². The van der Waals surface area contributed by atoms with Crippen LogP contribution in [0.4, 0.5) is 0 Å². The summed E-state index contributed by atoms with van der Waals surface area (Å²) >= 11 is 0. The van der Waals surface area contributed by atoms with E-state index < -0.39 is 9.52 Å². The zero-order valence-electron chi connectivity index (χ0n) is 32.8. The van der Waals surface area contributed by atoms with Gasteiger partial charge in [0.25, 0.3) is 0 Å². The average molecular weight is 681 g/mol. The lowest BCUT2D eigenvalue weighted by molar-refractivity contribution is -0.0987. The first-order chi connectivity index (χ1) is 21.8. The molecule has 0 N–H and O–H groups in total. The maximum absolute atomic E-state index is 11.2. The van der Waals surface area contributed by atoms with Crippen LogP contribution in [0.2, 0.25) is 0 Å². The van der Waals surface area contributed by atoms with E-state index >= 15 is 0 Å². The molecule has 4 nitrogen and oxygen atoms in total. The SMILES string of the molecule is C.C=O.C=O.C=S(C)(C)=O.CC.CC.CCC(C)C1CCC1.CCCC.CCCc1cc(C)cc(C(C)=O)c1.CCc1ccccc1. The molecule has 0 aliphatic heterocycles. The van der Waals surface area contributed by atoms with E-state index in [9.17, 15) is 9.00 Å². The van der Waals surface area contributed by atoms with Crippen molar-refractivity contribution < 1.29 is 18.6 Å². The molecule has 1 aliphatic rings. The third-order valence-electron chi connectivity index (χ3n) is 6.43. The Labute approximate surface area is 296 Å². The summed E-state index contributed by atoms with van der Waals surface area (Å²) in [5.41, 5.74) is 4.69. The molecule has 0 spiro atoms. The summed E-state index contributed by atoms with van der Waals surface area (Å²) in [4.78, 5) is 27.2. The fourth-order valence-corrected chi connectivity index (χ4v) is 3.55. The zero-order chi connectivity index (χ0) is 37.6. The monoisotopic (exact) mass is 681 g/mol. The Morgan fingerprint density at radius 1 is 0.809 bits per heavy atom. The van der Waals surface area contributed by atoms with Crippen LogP contribution in [-0.4, -0.2) is 42.0 Å². The van der Waals surface area contributed by atoms with Gasteiger partial charge in [-0.05, 0) is 77.2 Å². The summed E-state index contributed by atoms with van der Waals surface area (Å²) in [5.74, 6) is 5.55. The number of hydrogen-bond donors (Lipinski definition) is 0. The summed E-state index contributed by atoms with van der Waals surface area (Å²) < 4.78 is 10.1. The first-order valence-corrected chi connectivity index (χ1v) is 19.9. The van der Waals surface area contributed by atoms with Crippen molar-refractivity contribution in [2.24, 2.45) is 11.8 Å². The molecule has 1 fully saturated rings. The molecule has 1 saturated carbocycles. The van der Waals surface area contributed by atoms with Crippen molar-refractivity contribution in [3.05, 3.63) is 70.8 Å². The van der Waals surface area contributed by atoms with Crippen LogP contribution in [-0.2, 0) is 32.0 Å². The van der Waals surface area contributed by atoms with Gasteiger partial charge in [-0.1, -0.05) is 164 Å². The van der Waals surface area contributed by atoms with Crippen LogP contribution in [0.25, 0.3) is 0 Å². The van der Waals surface area contributed by atoms with Crippen molar-refractivity contribution in [1.29, 1.82) is 0 Å². The topological polar surface area (TPSA) is 68.3 Å². The van der Waals surface area contributed by atoms with Crippen molar-refractivity contribution in [3.63, 3.8) is 0 Å². The average Bonchev–Trinajstić information content (AvgIpc) is 3.04. The van der Waals surface area contributed by atoms with Gasteiger partial charge in [-0.2, -0.15) is 0 Å². The molecule has 2 aromatic carbocycles. The van der Waals surface area contributed by atoms with Crippen molar-refractivity contribution in [2.45, 2.75) is 148 Å². The Kier molecular flexibility index (Phi) is 58.1. The first kappa shape index (κ1) is 59.9. The molecular weight excluding hydrogens is 601 g/mol. The maximum atomic E-state index is 11.2. The number of Topliss-reactive ketones (excluding diaryl/α,β-unsaturated/α-hetero) is 1. The van der Waals surface area contributed by atoms with Gasteiger partial charge in [0.05, 0.1) is 0 Å². The highest BCUT2D eigenvalue weighted by Gasteiger charge is 2.21. The quantitative estimate of drug-likeness (QED) is 0.216. The number of carbonyl (C=O) groups is 3. The molecule has 278 valence electrons. The van der Waals surface area contributed by atoms with Gasteiger partial charge in [0, 0.05) is 18.1 Å². The Morgan fingerprint density at radius 3 is 1.47 bits per heavy atom. The number of benzene rings is 2. The number of hydrogen-bond acceptors (Lipinski definition) is 4. The van der Waals surface area contributed by atoms with Crippen molar-refractivity contribution >= 4 is 34.8 Å². The van der Waals surface area contributed by atoms with E-state index in [1.165, 1.54) is 55.2 Å². The molecule has 0 amide bonds. The highest BCUT2D eigenvalue weighted by atomic mass is 32.2. The van der Waals surface area contributed by atoms with Crippen molar-refractivity contribution in [3.8, 4) is 0 Å². The van der Waals surface area contributed by atoms with E-state index in [-0.39, 0.29) is 13.2 Å². The van der Waals surface area contributed by atoms with E-state index in [1.54, 1.807) is 19.4 Å². The summed E-state index contributed by atoms with van der Waals surface area (Å²) in [5, 5.41) is 0. The molecule has 0 bridgehead atoms. The summed E-state index contributed by atoms with van der Waals surface area (Å²) in [6, 6.07) is 16.5. The number of unbranched alkanes of at least 4 members (excludes halogenated alkanes) is 1. The van der Waals surface area contributed by atoms with Crippen LogP contribution in [0.3, 0.4) is 0 Å². The summed E-state index contributed by atoms with van der Waals surface area (Å²) in [6.45, 7) is 29.0. The third kappa shape index (κ3) is 48.0. The largest absolute Gasteiger partial charge is 0.307 e. The maximum Gasteiger partial charge on any atom is 0.159 e. The predicted octanol–water partition coefficient (Wildman–Crippen LogP) is 12.3. The fourth-order valence-electron chi connectivity index (χ4n) is 3.55. The van der Waals surface area contributed by atoms with Gasteiger partial charge in [0.2, 0.25) is 0 Å². The second-order valence-electron chi connectivity index (χ2n) is 10.9. The Bertz CT molecular complexity index is 966. The van der Waals surface area contributed by atoms with Gasteiger partial charge in [0.1, 0.15) is 13.6 Å². The standard InChI is InChI=1S/C12H16O.C8H16.C8H10.C4H10.C3H8OS.2C2H6.2CH2O.CH4/c1-4-5-11-6-9(2)7-12(8-11)10(3)13;1-3-7(2)8-5-4-6-8;1-2-8-6-4-3-5-7-8;1-3-4-2;1-5(2,3)4;4*1-2;/h6-8H,4-5H2,1-3H3;7-8H,3-6H2,1-2H3;3-7H,2H2,1H3;3-4H2,1-2H3;1H2,2-3H3;2*1-2H3;2*1H2;1H4. The number of aryl methyl sites for hydroxylation is 3. The fraction of sp³-hybridized carbons (Fsp3) is 0.619. The Balaban J connectivity index is -0.0000000837. The van der Waals surface area contributed by atoms with Gasteiger partial charge in [-0.15, -0.1) is 0 Å². The highest BCUT2D eigenvalue weighted by Crippen LogP contribution is 2.34. The Hall–Kier alpha value is -2.53. The molecule has 1 aliphatic carbocycles. The van der Waals surface area contributed by atoms with Crippen LogP contribution in [0.1, 0.15) is 156 Å². The van der Waals surface area contributed by atoms with Crippen molar-refractivity contribution in [2.75, 3.05) is 12.5 Å². The van der Waals surface area contributed by atoms with Crippen LogP contribution in [0.15, 0.2) is 48.5 Å². The second-order valence-corrected chi connectivity index (χ2v) is 13.7. The molecule has 5 heteroatoms. The van der Waals surface area contributed by atoms with Crippen LogP contribution >= 0.6 is 0 Å². The molecule has 47 heavy (non-hydrogen) atoms. The van der Waals surface area contributed by atoms with Crippen LogP contribution in [0.5, 0.6) is 0 Å². The molecule has 0 aromatic heterocycles. The first-order valence-electron chi connectivity index (χ1n) is 17.3. The molecule has 2 aromatic rings. The molecule has 0 radical (unpaired) electrons. The molecule has 3 rings (SSSR count). The lowest BCUT2D eigenvalue weighted by Gasteiger charge is -2.30. The smallest absolute Gasteiger partial charge is 0.159 e. The van der Waals surface area contributed by atoms with Gasteiger partial charge in [-0.25, -0.2) is 0 Å². The minimum atomic E-state index is -1.67. The van der Waals surface area contributed by atoms with E-state index in [1.807, 2.05) is 66.4 Å². The molecule has 0 saturated heterocycles. The van der Waals surface area contributed by atoms with Gasteiger partial charge >= 0.3 is 0 Å². The van der Waals surface area contributed by atoms with Gasteiger partial charge in [0.15, 0.2) is 5.78 Å². The minimum absolute atomic E-state index is 0. The lowest BCUT2D eigenvalue weighted by Crippen LogP contribution is -2.18. The lowest BCUT2D eigenvalue weighted by atomic mass is 9.76. The number of rotatable bonds is 7. The minimum Gasteiger partial charge on any atom is -0.307 e. The summed E-state index contributed by atoms with van der Waals surface area (Å²) in [7, 11) is -1.67. The zero-order valence-corrected chi connectivity index (χ0v) is 33.6. The van der Waals surface area contributed by atoms with E-state index in [2.05, 4.69) is 77.7 Å². The molecule has 1 unspecified atom stereocenters. The highest BCUT2D eigenvalue weighted by molar-refractivity contribution is 7.98. The molecule has 1 atom stereocenters. The summed E-state index contributed by atoms with van der Waals surface area (Å²) in [6.07, 6.45) is 15.1. The number of ketones is 1. The number of carbonyl (C=O) groups excluding carboxylic acids is 3.